The number of hydrogen-bond donors (Lipinski definition) is 1. The summed E-state index contributed by atoms with van der Waals surface area (Å²) >= 11 is 5.04. The molecule has 4 heteroatoms. The average molecular weight is 189 g/mol. The van der Waals surface area contributed by atoms with Gasteiger partial charge in [0.25, 0.3) is 0 Å². The van der Waals surface area contributed by atoms with Crippen LogP contribution in [0.25, 0.3) is 0 Å². The van der Waals surface area contributed by atoms with Gasteiger partial charge in [-0.05, 0) is 12.8 Å². The maximum atomic E-state index is 5.68. The van der Waals surface area contributed by atoms with Gasteiger partial charge in [0.2, 0.25) is 0 Å². The molecule has 0 saturated carbocycles. The summed E-state index contributed by atoms with van der Waals surface area (Å²) in [6.07, 6.45) is 1.77. The van der Waals surface area contributed by atoms with Crippen molar-refractivity contribution in [1.82, 2.24) is 0 Å². The Kier molecular flexibility index (Phi) is 3.43. The Balaban J connectivity index is 2.63. The number of hydrogen-bond acceptors (Lipinski definition) is 3. The van der Waals surface area contributed by atoms with Crippen LogP contribution in [0.5, 0.6) is 0 Å². The summed E-state index contributed by atoms with van der Waals surface area (Å²) in [7, 11) is 1.68. The van der Waals surface area contributed by atoms with E-state index in [9.17, 15) is 0 Å². The molecule has 1 aliphatic rings. The molecule has 70 valence electrons. The molecule has 1 saturated heterocycles. The topological polar surface area (TPSA) is 44.5 Å². The lowest BCUT2D eigenvalue weighted by Crippen LogP contribution is -2.43. The Morgan fingerprint density at radius 3 is 2.58 bits per heavy atom. The van der Waals surface area contributed by atoms with E-state index in [0.717, 1.165) is 26.1 Å². The first kappa shape index (κ1) is 9.89. The van der Waals surface area contributed by atoms with E-state index < -0.39 is 0 Å². The highest BCUT2D eigenvalue weighted by molar-refractivity contribution is 7.80. The molecule has 3 nitrogen and oxygen atoms in total. The van der Waals surface area contributed by atoms with Crippen LogP contribution in [0, 0.1) is 5.41 Å². The van der Waals surface area contributed by atoms with Gasteiger partial charge in [-0.25, -0.2) is 0 Å². The van der Waals surface area contributed by atoms with Crippen molar-refractivity contribution in [2.75, 3.05) is 26.9 Å². The predicted octanol–water partition coefficient (Wildman–Crippen LogP) is 0.716. The summed E-state index contributed by atoms with van der Waals surface area (Å²) in [5, 5.41) is 0. The van der Waals surface area contributed by atoms with Crippen LogP contribution in [0.1, 0.15) is 12.8 Å². The Hall–Kier alpha value is -0.190. The first-order chi connectivity index (χ1) is 5.71. The number of methoxy groups -OCH3 is 1. The standard InChI is InChI=1S/C8H15NO2S/c1-10-6-8(7(9)12)2-4-11-5-3-8/h2-6H2,1H3,(H2,9,12). The van der Waals surface area contributed by atoms with Crippen molar-refractivity contribution in [3.63, 3.8) is 0 Å². The fraction of sp³-hybridized carbons (Fsp3) is 0.875. The van der Waals surface area contributed by atoms with Crippen LogP contribution in [0.4, 0.5) is 0 Å². The molecule has 12 heavy (non-hydrogen) atoms. The van der Waals surface area contributed by atoms with Crippen molar-refractivity contribution >= 4 is 17.2 Å². The average Bonchev–Trinajstić information content (AvgIpc) is 2.06. The van der Waals surface area contributed by atoms with E-state index >= 15 is 0 Å². The lowest BCUT2D eigenvalue weighted by atomic mass is 9.81. The molecule has 0 aromatic carbocycles. The maximum absolute atomic E-state index is 5.68. The number of ether oxygens (including phenoxy) is 2. The largest absolute Gasteiger partial charge is 0.393 e. The quantitative estimate of drug-likeness (QED) is 0.664. The maximum Gasteiger partial charge on any atom is 0.0815 e. The van der Waals surface area contributed by atoms with Crippen molar-refractivity contribution in [1.29, 1.82) is 0 Å². The highest BCUT2D eigenvalue weighted by atomic mass is 32.1. The van der Waals surface area contributed by atoms with Gasteiger partial charge in [0.05, 0.1) is 11.6 Å². The minimum atomic E-state index is -0.109. The molecule has 2 N–H and O–H groups in total. The predicted molar refractivity (Wildman–Crippen MR) is 51.1 cm³/mol. The summed E-state index contributed by atoms with van der Waals surface area (Å²) in [6.45, 7) is 2.09. The van der Waals surface area contributed by atoms with E-state index in [1.54, 1.807) is 7.11 Å². The Morgan fingerprint density at radius 2 is 2.17 bits per heavy atom. The fourth-order valence-electron chi connectivity index (χ4n) is 1.50. The zero-order valence-electron chi connectivity index (χ0n) is 7.34. The molecule has 1 rings (SSSR count). The van der Waals surface area contributed by atoms with Crippen LogP contribution < -0.4 is 5.73 Å². The highest BCUT2D eigenvalue weighted by Crippen LogP contribution is 2.30. The minimum Gasteiger partial charge on any atom is -0.393 e. The first-order valence-corrected chi connectivity index (χ1v) is 4.49. The van der Waals surface area contributed by atoms with Crippen molar-refractivity contribution < 1.29 is 9.47 Å². The molecule has 0 aromatic heterocycles. The number of thiocarbonyl (C=S) groups is 1. The second kappa shape index (κ2) is 4.16. The summed E-state index contributed by atoms with van der Waals surface area (Å²) < 4.78 is 10.4. The second-order valence-electron chi connectivity index (χ2n) is 3.19. The fourth-order valence-corrected chi connectivity index (χ4v) is 1.76. The molecular weight excluding hydrogens is 174 g/mol. The van der Waals surface area contributed by atoms with Gasteiger partial charge >= 0.3 is 0 Å². The Bertz CT molecular complexity index is 161. The van der Waals surface area contributed by atoms with E-state index in [1.807, 2.05) is 0 Å². The molecule has 0 bridgehead atoms. The zero-order chi connectivity index (χ0) is 9.03. The van der Waals surface area contributed by atoms with Crippen molar-refractivity contribution in [3.05, 3.63) is 0 Å². The molecule has 1 heterocycles. The molecule has 0 spiro atoms. The molecule has 0 radical (unpaired) electrons. The SMILES string of the molecule is COCC1(C(N)=S)CCOCC1. The van der Waals surface area contributed by atoms with Crippen LogP contribution in [0.2, 0.25) is 0 Å². The summed E-state index contributed by atoms with van der Waals surface area (Å²) in [5.41, 5.74) is 5.58. The van der Waals surface area contributed by atoms with Crippen LogP contribution in [-0.2, 0) is 9.47 Å². The minimum absolute atomic E-state index is 0.109. The monoisotopic (exact) mass is 189 g/mol. The van der Waals surface area contributed by atoms with Gasteiger partial charge in [0.15, 0.2) is 0 Å². The van der Waals surface area contributed by atoms with Gasteiger partial charge in [-0.15, -0.1) is 0 Å². The molecule has 0 aliphatic carbocycles. The van der Waals surface area contributed by atoms with Crippen molar-refractivity contribution in [3.8, 4) is 0 Å². The molecule has 0 atom stereocenters. The van der Waals surface area contributed by atoms with E-state index in [1.165, 1.54) is 0 Å². The molecular formula is C8H15NO2S. The Morgan fingerprint density at radius 1 is 1.58 bits per heavy atom. The van der Waals surface area contributed by atoms with Crippen LogP contribution in [0.3, 0.4) is 0 Å². The first-order valence-electron chi connectivity index (χ1n) is 4.08. The molecule has 0 unspecified atom stereocenters. The van der Waals surface area contributed by atoms with Gasteiger partial charge < -0.3 is 15.2 Å². The van der Waals surface area contributed by atoms with E-state index in [4.69, 9.17) is 27.4 Å². The normalized spacial score (nSPS) is 22.1. The summed E-state index contributed by atoms with van der Waals surface area (Å²) in [4.78, 5) is 0.563. The number of rotatable bonds is 3. The second-order valence-corrected chi connectivity index (χ2v) is 3.63. The molecule has 0 aromatic rings. The lowest BCUT2D eigenvalue weighted by molar-refractivity contribution is 0.00844. The van der Waals surface area contributed by atoms with Gasteiger partial charge in [0, 0.05) is 25.7 Å². The van der Waals surface area contributed by atoms with Crippen molar-refractivity contribution in [2.24, 2.45) is 11.1 Å². The van der Waals surface area contributed by atoms with E-state index in [0.29, 0.717) is 11.6 Å². The summed E-state index contributed by atoms with van der Waals surface area (Å²) in [6, 6.07) is 0. The highest BCUT2D eigenvalue weighted by Gasteiger charge is 2.35. The summed E-state index contributed by atoms with van der Waals surface area (Å²) in [5.74, 6) is 0. The smallest absolute Gasteiger partial charge is 0.0815 e. The number of nitrogens with two attached hydrogens (primary N) is 1. The molecule has 1 aliphatic heterocycles. The van der Waals surface area contributed by atoms with Gasteiger partial charge in [0.1, 0.15) is 0 Å². The Labute approximate surface area is 78.2 Å². The van der Waals surface area contributed by atoms with E-state index in [-0.39, 0.29) is 5.41 Å². The van der Waals surface area contributed by atoms with Crippen molar-refractivity contribution in [2.45, 2.75) is 12.8 Å². The molecule has 0 amide bonds. The third-order valence-corrected chi connectivity index (χ3v) is 2.83. The molecule has 1 fully saturated rings. The van der Waals surface area contributed by atoms with Gasteiger partial charge in [-0.2, -0.15) is 0 Å². The van der Waals surface area contributed by atoms with Crippen LogP contribution in [-0.4, -0.2) is 31.9 Å². The van der Waals surface area contributed by atoms with Gasteiger partial charge in [-0.1, -0.05) is 12.2 Å². The lowest BCUT2D eigenvalue weighted by Gasteiger charge is -2.35. The zero-order valence-corrected chi connectivity index (χ0v) is 8.15. The third-order valence-electron chi connectivity index (χ3n) is 2.39. The van der Waals surface area contributed by atoms with Crippen LogP contribution >= 0.6 is 12.2 Å². The van der Waals surface area contributed by atoms with E-state index in [2.05, 4.69) is 0 Å². The third kappa shape index (κ3) is 1.94. The van der Waals surface area contributed by atoms with Crippen LogP contribution in [0.15, 0.2) is 0 Å². The van der Waals surface area contributed by atoms with Gasteiger partial charge in [-0.3, -0.25) is 0 Å².